The number of carboxylic acid groups (broad SMARTS) is 1. The molecule has 1 aromatic rings. The van der Waals surface area contributed by atoms with E-state index in [-0.39, 0.29) is 11.6 Å². The average molecular weight is 221 g/mol. The maximum absolute atomic E-state index is 11.1. The first kappa shape index (κ1) is 10.9. The zero-order valence-corrected chi connectivity index (χ0v) is 9.40. The highest BCUT2D eigenvalue weighted by molar-refractivity contribution is 5.91. The number of nitrogens with zero attached hydrogens (tertiary/aromatic N) is 2. The van der Waals surface area contributed by atoms with E-state index in [1.807, 2.05) is 13.8 Å². The van der Waals surface area contributed by atoms with E-state index in [2.05, 4.69) is 15.3 Å². The van der Waals surface area contributed by atoms with Crippen molar-refractivity contribution in [2.45, 2.75) is 38.6 Å². The van der Waals surface area contributed by atoms with Gasteiger partial charge in [-0.15, -0.1) is 0 Å². The van der Waals surface area contributed by atoms with Crippen LogP contribution in [0.4, 0.5) is 5.69 Å². The summed E-state index contributed by atoms with van der Waals surface area (Å²) in [7, 11) is 0. The molecule has 86 valence electrons. The van der Waals surface area contributed by atoms with Gasteiger partial charge in [-0.05, 0) is 12.8 Å². The van der Waals surface area contributed by atoms with Crippen molar-refractivity contribution < 1.29 is 9.90 Å². The standard InChI is InChI=1S/C11H15N3O2/c1-6(2)10-12-5-8(13-7-3-4-7)9(14-10)11(15)16/h5-7,13H,3-4H2,1-2H3,(H,15,16). The van der Waals surface area contributed by atoms with E-state index in [1.54, 1.807) is 6.20 Å². The zero-order valence-electron chi connectivity index (χ0n) is 9.40. The fourth-order valence-electron chi connectivity index (χ4n) is 1.39. The van der Waals surface area contributed by atoms with Crippen LogP contribution in [-0.4, -0.2) is 27.1 Å². The minimum atomic E-state index is -1.01. The average Bonchev–Trinajstić information content (AvgIpc) is 3.01. The van der Waals surface area contributed by atoms with Crippen LogP contribution in [0.3, 0.4) is 0 Å². The largest absolute Gasteiger partial charge is 0.476 e. The van der Waals surface area contributed by atoms with Crippen LogP contribution in [0.25, 0.3) is 0 Å². The van der Waals surface area contributed by atoms with Gasteiger partial charge in [0.1, 0.15) is 5.82 Å². The predicted octanol–water partition coefficient (Wildman–Crippen LogP) is 1.87. The second-order valence-electron chi connectivity index (χ2n) is 4.37. The zero-order chi connectivity index (χ0) is 11.7. The van der Waals surface area contributed by atoms with Crippen LogP contribution in [0.5, 0.6) is 0 Å². The van der Waals surface area contributed by atoms with Gasteiger partial charge in [-0.25, -0.2) is 14.8 Å². The van der Waals surface area contributed by atoms with Crippen LogP contribution in [0, 0.1) is 0 Å². The Morgan fingerprint density at radius 1 is 1.56 bits per heavy atom. The predicted molar refractivity (Wildman–Crippen MR) is 59.7 cm³/mol. The topological polar surface area (TPSA) is 75.1 Å². The molecule has 2 rings (SSSR count). The van der Waals surface area contributed by atoms with Gasteiger partial charge in [0, 0.05) is 12.0 Å². The first-order valence-corrected chi connectivity index (χ1v) is 5.44. The molecule has 16 heavy (non-hydrogen) atoms. The molecule has 1 heterocycles. The maximum atomic E-state index is 11.1. The van der Waals surface area contributed by atoms with E-state index in [4.69, 9.17) is 5.11 Å². The quantitative estimate of drug-likeness (QED) is 0.811. The molecule has 0 spiro atoms. The highest BCUT2D eigenvalue weighted by atomic mass is 16.4. The fraction of sp³-hybridized carbons (Fsp3) is 0.545. The maximum Gasteiger partial charge on any atom is 0.356 e. The number of aromatic carboxylic acids is 1. The summed E-state index contributed by atoms with van der Waals surface area (Å²) in [5, 5.41) is 12.2. The fourth-order valence-corrected chi connectivity index (χ4v) is 1.39. The molecule has 0 aromatic carbocycles. The molecular formula is C11H15N3O2. The lowest BCUT2D eigenvalue weighted by Gasteiger charge is -2.10. The second-order valence-corrected chi connectivity index (χ2v) is 4.37. The summed E-state index contributed by atoms with van der Waals surface area (Å²) >= 11 is 0. The molecule has 1 aromatic heterocycles. The third kappa shape index (κ3) is 2.29. The second kappa shape index (κ2) is 4.08. The molecule has 5 nitrogen and oxygen atoms in total. The lowest BCUT2D eigenvalue weighted by molar-refractivity contribution is 0.0691. The first-order chi connectivity index (χ1) is 7.58. The molecule has 1 saturated carbocycles. The molecule has 1 aliphatic rings. The van der Waals surface area contributed by atoms with Crippen LogP contribution < -0.4 is 5.32 Å². The summed E-state index contributed by atoms with van der Waals surface area (Å²) in [6.45, 7) is 3.88. The Morgan fingerprint density at radius 2 is 2.25 bits per heavy atom. The summed E-state index contributed by atoms with van der Waals surface area (Å²) in [5.41, 5.74) is 0.602. The molecule has 0 amide bonds. The van der Waals surface area contributed by atoms with Crippen molar-refractivity contribution >= 4 is 11.7 Å². The Hall–Kier alpha value is -1.65. The SMILES string of the molecule is CC(C)c1ncc(NC2CC2)c(C(=O)O)n1. The monoisotopic (exact) mass is 221 g/mol. The van der Waals surface area contributed by atoms with Gasteiger partial charge in [-0.2, -0.15) is 0 Å². The van der Waals surface area contributed by atoms with E-state index < -0.39 is 5.97 Å². The number of rotatable bonds is 4. The van der Waals surface area contributed by atoms with Crippen LogP contribution in [0.2, 0.25) is 0 Å². The van der Waals surface area contributed by atoms with E-state index >= 15 is 0 Å². The van der Waals surface area contributed by atoms with E-state index in [9.17, 15) is 4.79 Å². The van der Waals surface area contributed by atoms with Gasteiger partial charge in [-0.3, -0.25) is 0 Å². The highest BCUT2D eigenvalue weighted by Gasteiger charge is 2.24. The van der Waals surface area contributed by atoms with Crippen molar-refractivity contribution in [3.8, 4) is 0 Å². The van der Waals surface area contributed by atoms with E-state index in [0.717, 1.165) is 12.8 Å². The minimum absolute atomic E-state index is 0.0746. The number of carbonyl (C=O) groups is 1. The number of aromatic nitrogens is 2. The molecule has 0 bridgehead atoms. The lowest BCUT2D eigenvalue weighted by Crippen LogP contribution is -2.13. The van der Waals surface area contributed by atoms with E-state index in [1.165, 1.54) is 0 Å². The molecule has 1 aliphatic carbocycles. The van der Waals surface area contributed by atoms with E-state index in [0.29, 0.717) is 17.6 Å². The Bertz CT molecular complexity index is 414. The number of anilines is 1. The van der Waals surface area contributed by atoms with Gasteiger partial charge in [0.15, 0.2) is 5.69 Å². The number of carboxylic acids is 1. The Labute approximate surface area is 93.9 Å². The van der Waals surface area contributed by atoms with Crippen molar-refractivity contribution in [2.24, 2.45) is 0 Å². The van der Waals surface area contributed by atoms with Gasteiger partial charge in [0.2, 0.25) is 0 Å². The molecule has 0 aliphatic heterocycles. The van der Waals surface area contributed by atoms with Gasteiger partial charge in [0.25, 0.3) is 0 Å². The first-order valence-electron chi connectivity index (χ1n) is 5.44. The summed E-state index contributed by atoms with van der Waals surface area (Å²) in [5.74, 6) is -0.306. The van der Waals surface area contributed by atoms with Gasteiger partial charge in [-0.1, -0.05) is 13.8 Å². The Kier molecular flexibility index (Phi) is 2.77. The Balaban J connectivity index is 2.32. The molecular weight excluding hydrogens is 206 g/mol. The smallest absolute Gasteiger partial charge is 0.356 e. The minimum Gasteiger partial charge on any atom is -0.476 e. The molecule has 0 atom stereocenters. The van der Waals surface area contributed by atoms with Crippen molar-refractivity contribution in [1.29, 1.82) is 0 Å². The normalized spacial score (nSPS) is 15.2. The van der Waals surface area contributed by atoms with Crippen LogP contribution in [-0.2, 0) is 0 Å². The van der Waals surface area contributed by atoms with Crippen molar-refractivity contribution in [2.75, 3.05) is 5.32 Å². The molecule has 0 unspecified atom stereocenters. The highest BCUT2D eigenvalue weighted by Crippen LogP contribution is 2.26. The Morgan fingerprint density at radius 3 is 2.75 bits per heavy atom. The van der Waals surface area contributed by atoms with Crippen LogP contribution in [0.15, 0.2) is 6.20 Å². The summed E-state index contributed by atoms with van der Waals surface area (Å²) in [6, 6.07) is 0.395. The third-order valence-corrected chi connectivity index (χ3v) is 2.46. The molecule has 1 fully saturated rings. The molecule has 5 heteroatoms. The summed E-state index contributed by atoms with van der Waals surface area (Å²) in [4.78, 5) is 19.3. The third-order valence-electron chi connectivity index (χ3n) is 2.46. The van der Waals surface area contributed by atoms with Crippen LogP contribution >= 0.6 is 0 Å². The van der Waals surface area contributed by atoms with Crippen molar-refractivity contribution in [3.63, 3.8) is 0 Å². The lowest BCUT2D eigenvalue weighted by atomic mass is 10.2. The number of hydrogen-bond donors (Lipinski definition) is 2. The van der Waals surface area contributed by atoms with Gasteiger partial charge >= 0.3 is 5.97 Å². The number of nitrogens with one attached hydrogen (secondary N) is 1. The van der Waals surface area contributed by atoms with Crippen LogP contribution in [0.1, 0.15) is 48.9 Å². The molecule has 0 radical (unpaired) electrons. The van der Waals surface area contributed by atoms with Crippen molar-refractivity contribution in [1.82, 2.24) is 9.97 Å². The van der Waals surface area contributed by atoms with Crippen molar-refractivity contribution in [3.05, 3.63) is 17.7 Å². The molecule has 0 saturated heterocycles. The molecule has 2 N–H and O–H groups in total. The van der Waals surface area contributed by atoms with Gasteiger partial charge < -0.3 is 10.4 Å². The summed E-state index contributed by atoms with van der Waals surface area (Å²) < 4.78 is 0. The number of hydrogen-bond acceptors (Lipinski definition) is 4. The summed E-state index contributed by atoms with van der Waals surface area (Å²) in [6.07, 6.45) is 3.75. The van der Waals surface area contributed by atoms with Gasteiger partial charge in [0.05, 0.1) is 11.9 Å².